The summed E-state index contributed by atoms with van der Waals surface area (Å²) in [5.74, 6) is 0. The maximum atomic E-state index is 6.01. The number of rotatable bonds is 0. The Bertz CT molecular complexity index is 683. The zero-order valence-electron chi connectivity index (χ0n) is 8.32. The molecule has 0 amide bonds. The number of nitrogens with one attached hydrogen (secondary N) is 1. The van der Waals surface area contributed by atoms with E-state index in [0.29, 0.717) is 20.1 Å². The summed E-state index contributed by atoms with van der Waals surface area (Å²) < 4.78 is 0. The minimum absolute atomic E-state index is 0.517. The Labute approximate surface area is 117 Å². The Kier molecular flexibility index (Phi) is 2.68. The average molecular weight is 305 g/mol. The van der Waals surface area contributed by atoms with Gasteiger partial charge in [0, 0.05) is 21.8 Å². The molecule has 0 aliphatic heterocycles. The number of hydrogen-bond acceptors (Lipinski definition) is 0. The molecule has 0 saturated carbocycles. The lowest BCUT2D eigenvalue weighted by atomic mass is 10.1. The van der Waals surface area contributed by atoms with Crippen LogP contribution >= 0.6 is 46.4 Å². The van der Waals surface area contributed by atoms with E-state index in [9.17, 15) is 0 Å². The predicted octanol–water partition coefficient (Wildman–Crippen LogP) is 5.93. The number of aromatic nitrogens is 1. The molecule has 0 spiro atoms. The summed E-state index contributed by atoms with van der Waals surface area (Å²) in [6, 6.07) is 7.23. The topological polar surface area (TPSA) is 15.8 Å². The molecule has 0 saturated heterocycles. The van der Waals surface area contributed by atoms with Crippen molar-refractivity contribution in [2.45, 2.75) is 0 Å². The Morgan fingerprint density at radius 2 is 0.941 bits per heavy atom. The van der Waals surface area contributed by atoms with Crippen LogP contribution in [0.3, 0.4) is 0 Å². The molecule has 3 rings (SSSR count). The normalized spacial score (nSPS) is 11.5. The van der Waals surface area contributed by atoms with Gasteiger partial charge in [0.25, 0.3) is 0 Å². The van der Waals surface area contributed by atoms with Crippen molar-refractivity contribution in [2.75, 3.05) is 0 Å². The molecule has 0 atom stereocenters. The minimum atomic E-state index is 0.517. The molecule has 17 heavy (non-hydrogen) atoms. The van der Waals surface area contributed by atoms with Crippen molar-refractivity contribution in [2.24, 2.45) is 0 Å². The monoisotopic (exact) mass is 303 g/mol. The number of aromatic amines is 1. The maximum absolute atomic E-state index is 6.01. The van der Waals surface area contributed by atoms with E-state index in [1.54, 1.807) is 12.1 Å². The van der Waals surface area contributed by atoms with Crippen molar-refractivity contribution in [3.63, 3.8) is 0 Å². The van der Waals surface area contributed by atoms with Crippen LogP contribution in [0.5, 0.6) is 0 Å². The van der Waals surface area contributed by atoms with Gasteiger partial charge in [-0.15, -0.1) is 0 Å². The minimum Gasteiger partial charge on any atom is -0.354 e. The molecule has 0 aliphatic rings. The van der Waals surface area contributed by atoms with E-state index >= 15 is 0 Å². The zero-order valence-corrected chi connectivity index (χ0v) is 11.3. The zero-order chi connectivity index (χ0) is 12.2. The third-order valence-corrected chi connectivity index (χ3v) is 4.12. The molecule has 0 bridgehead atoms. The van der Waals surface area contributed by atoms with Crippen molar-refractivity contribution in [1.29, 1.82) is 0 Å². The summed E-state index contributed by atoms with van der Waals surface area (Å²) in [5, 5.41) is 4.03. The van der Waals surface area contributed by atoms with Gasteiger partial charge in [-0.2, -0.15) is 0 Å². The smallest absolute Gasteiger partial charge is 0.0613 e. The van der Waals surface area contributed by atoms with Gasteiger partial charge >= 0.3 is 0 Å². The molecule has 0 fully saturated rings. The van der Waals surface area contributed by atoms with Crippen LogP contribution in [-0.2, 0) is 0 Å². The van der Waals surface area contributed by atoms with Gasteiger partial charge in [-0.05, 0) is 24.3 Å². The molecule has 0 aliphatic carbocycles. The summed E-state index contributed by atoms with van der Waals surface area (Å²) in [6.45, 7) is 0. The summed E-state index contributed by atoms with van der Waals surface area (Å²) in [5.41, 5.74) is 1.82. The van der Waals surface area contributed by atoms with E-state index in [-0.39, 0.29) is 0 Å². The third kappa shape index (κ3) is 1.78. The summed E-state index contributed by atoms with van der Waals surface area (Å²) in [6.07, 6.45) is 0. The largest absolute Gasteiger partial charge is 0.354 e. The van der Waals surface area contributed by atoms with E-state index in [4.69, 9.17) is 46.4 Å². The van der Waals surface area contributed by atoms with Gasteiger partial charge in [0.1, 0.15) is 0 Å². The number of halogens is 4. The van der Waals surface area contributed by atoms with Crippen LogP contribution < -0.4 is 0 Å². The Morgan fingerprint density at radius 3 is 1.35 bits per heavy atom. The van der Waals surface area contributed by atoms with Gasteiger partial charge < -0.3 is 4.98 Å². The third-order valence-electron chi connectivity index (χ3n) is 2.68. The number of hydrogen-bond donors (Lipinski definition) is 1. The summed E-state index contributed by atoms with van der Waals surface area (Å²) in [7, 11) is 0. The van der Waals surface area contributed by atoms with Crippen molar-refractivity contribution >= 4 is 68.2 Å². The van der Waals surface area contributed by atoms with Crippen LogP contribution in [0.15, 0.2) is 24.3 Å². The quantitative estimate of drug-likeness (QED) is 0.529. The molecule has 0 radical (unpaired) electrons. The highest BCUT2D eigenvalue weighted by atomic mass is 35.5. The van der Waals surface area contributed by atoms with E-state index in [1.807, 2.05) is 12.1 Å². The molecule has 3 aromatic rings. The van der Waals surface area contributed by atoms with E-state index in [2.05, 4.69) is 4.98 Å². The van der Waals surface area contributed by atoms with E-state index in [1.165, 1.54) is 0 Å². The Morgan fingerprint density at radius 1 is 0.588 bits per heavy atom. The second kappa shape index (κ2) is 3.96. The fourth-order valence-electron chi connectivity index (χ4n) is 1.89. The number of H-pyrrole nitrogens is 1. The van der Waals surface area contributed by atoms with Gasteiger partial charge in [-0.25, -0.2) is 0 Å². The highest BCUT2D eigenvalue weighted by Crippen LogP contribution is 2.35. The molecule has 0 unspecified atom stereocenters. The second-order valence-corrected chi connectivity index (χ2v) is 5.38. The molecule has 1 N–H and O–H groups in total. The van der Waals surface area contributed by atoms with Gasteiger partial charge in [0.2, 0.25) is 0 Å². The fourth-order valence-corrected chi connectivity index (χ4v) is 2.55. The highest BCUT2D eigenvalue weighted by Gasteiger charge is 2.10. The highest BCUT2D eigenvalue weighted by molar-refractivity contribution is 6.44. The first-order valence-electron chi connectivity index (χ1n) is 4.82. The standard InChI is InChI=1S/C12H5Cl4N/c13-7-1-5-6-2-8(14)10(16)4-12(6)17-11(5)3-9(7)15/h1-4,17H. The lowest BCUT2D eigenvalue weighted by Gasteiger charge is -1.97. The van der Waals surface area contributed by atoms with Crippen molar-refractivity contribution in [1.82, 2.24) is 4.98 Å². The first kappa shape index (κ1) is 11.5. The van der Waals surface area contributed by atoms with Crippen LogP contribution in [0.4, 0.5) is 0 Å². The lowest BCUT2D eigenvalue weighted by Crippen LogP contribution is -1.71. The van der Waals surface area contributed by atoms with Gasteiger partial charge in [0.05, 0.1) is 20.1 Å². The Balaban J connectivity index is 2.51. The fraction of sp³-hybridized carbons (Fsp3) is 0. The molecule has 1 aromatic heterocycles. The van der Waals surface area contributed by atoms with Crippen LogP contribution in [0.25, 0.3) is 21.8 Å². The first-order chi connectivity index (χ1) is 8.06. The molecular formula is C12H5Cl4N. The van der Waals surface area contributed by atoms with Crippen molar-refractivity contribution < 1.29 is 0 Å². The predicted molar refractivity (Wildman–Crippen MR) is 75.8 cm³/mol. The summed E-state index contributed by atoms with van der Waals surface area (Å²) in [4.78, 5) is 3.23. The Hall–Kier alpha value is -0.600. The second-order valence-electron chi connectivity index (χ2n) is 3.75. The maximum Gasteiger partial charge on any atom is 0.0613 e. The SMILES string of the molecule is Clc1cc2[nH]c3cc(Cl)c(Cl)cc3c2cc1Cl. The van der Waals surface area contributed by atoms with Crippen LogP contribution in [0, 0.1) is 0 Å². The first-order valence-corrected chi connectivity index (χ1v) is 6.33. The number of benzene rings is 2. The van der Waals surface area contributed by atoms with Crippen LogP contribution in [-0.4, -0.2) is 4.98 Å². The molecule has 86 valence electrons. The molecule has 1 heterocycles. The van der Waals surface area contributed by atoms with Crippen molar-refractivity contribution in [3.8, 4) is 0 Å². The lowest BCUT2D eigenvalue weighted by molar-refractivity contribution is 1.55. The molecule has 5 heteroatoms. The van der Waals surface area contributed by atoms with Gasteiger partial charge in [-0.3, -0.25) is 0 Å². The molecule has 1 nitrogen and oxygen atoms in total. The van der Waals surface area contributed by atoms with Crippen molar-refractivity contribution in [3.05, 3.63) is 44.4 Å². The van der Waals surface area contributed by atoms with E-state index < -0.39 is 0 Å². The van der Waals surface area contributed by atoms with E-state index in [0.717, 1.165) is 21.8 Å². The average Bonchev–Trinajstić information content (AvgIpc) is 2.58. The van der Waals surface area contributed by atoms with Crippen LogP contribution in [0.1, 0.15) is 0 Å². The van der Waals surface area contributed by atoms with Crippen LogP contribution in [0.2, 0.25) is 20.1 Å². The van der Waals surface area contributed by atoms with Gasteiger partial charge in [-0.1, -0.05) is 46.4 Å². The summed E-state index contributed by atoms with van der Waals surface area (Å²) >= 11 is 24.0. The molecule has 2 aromatic carbocycles. The number of fused-ring (bicyclic) bond motifs is 3. The van der Waals surface area contributed by atoms with Gasteiger partial charge in [0.15, 0.2) is 0 Å². The molecular weight excluding hydrogens is 300 g/mol.